The van der Waals surface area contributed by atoms with Crippen LogP contribution in [-0.2, 0) is 14.3 Å². The highest BCUT2D eigenvalue weighted by Gasteiger charge is 2.27. The van der Waals surface area contributed by atoms with Crippen LogP contribution in [0.3, 0.4) is 0 Å². The monoisotopic (exact) mass is 437 g/mol. The van der Waals surface area contributed by atoms with Gasteiger partial charge in [-0.3, -0.25) is 9.59 Å². The molecule has 1 saturated heterocycles. The number of aryl methyl sites for hydroxylation is 1. The number of rotatable bonds is 6. The highest BCUT2D eigenvalue weighted by Crippen LogP contribution is 2.24. The van der Waals surface area contributed by atoms with Crippen LogP contribution in [0.5, 0.6) is 0 Å². The number of unbranched alkanes of at least 4 members (excludes halogenated alkanes) is 1. The van der Waals surface area contributed by atoms with Crippen LogP contribution >= 0.6 is 0 Å². The van der Waals surface area contributed by atoms with Crippen LogP contribution in [0.15, 0.2) is 42.5 Å². The Morgan fingerprint density at radius 1 is 0.969 bits per heavy atom. The van der Waals surface area contributed by atoms with Crippen LogP contribution in [0.25, 0.3) is 0 Å². The number of anilines is 2. The predicted molar refractivity (Wildman–Crippen MR) is 125 cm³/mol. The Bertz CT molecular complexity index is 981. The van der Waals surface area contributed by atoms with Crippen LogP contribution in [0.4, 0.5) is 11.4 Å². The van der Waals surface area contributed by atoms with Crippen molar-refractivity contribution in [3.63, 3.8) is 0 Å². The summed E-state index contributed by atoms with van der Waals surface area (Å²) in [6, 6.07) is 12.8. The molecule has 1 aliphatic rings. The van der Waals surface area contributed by atoms with Gasteiger partial charge in [0.15, 0.2) is 0 Å². The average molecular weight is 438 g/mol. The third kappa shape index (κ3) is 5.46. The summed E-state index contributed by atoms with van der Waals surface area (Å²) in [5.74, 6) is -1.86. The summed E-state index contributed by atoms with van der Waals surface area (Å²) in [5.41, 5.74) is 4.14. The van der Waals surface area contributed by atoms with Crippen molar-refractivity contribution < 1.29 is 19.1 Å². The Kier molecular flexibility index (Phi) is 7.87. The van der Waals surface area contributed by atoms with Crippen LogP contribution in [-0.4, -0.2) is 55.5 Å². The quantitative estimate of drug-likeness (QED) is 0.425. The van der Waals surface area contributed by atoms with Crippen molar-refractivity contribution in [3.05, 3.63) is 59.2 Å². The van der Waals surface area contributed by atoms with Gasteiger partial charge >= 0.3 is 17.8 Å². The molecule has 7 heteroatoms. The van der Waals surface area contributed by atoms with Crippen molar-refractivity contribution in [2.45, 2.75) is 33.6 Å². The van der Waals surface area contributed by atoms with E-state index in [1.165, 1.54) is 11.1 Å². The number of nitrogens with zero attached hydrogens (tertiary/aromatic N) is 2. The molecule has 2 aromatic rings. The number of esters is 1. The minimum atomic E-state index is -0.751. The molecular weight excluding hydrogens is 406 g/mol. The van der Waals surface area contributed by atoms with Crippen molar-refractivity contribution in [1.29, 1.82) is 0 Å². The minimum Gasteiger partial charge on any atom is -0.462 e. The van der Waals surface area contributed by atoms with Gasteiger partial charge in [0.1, 0.15) is 0 Å². The van der Waals surface area contributed by atoms with E-state index in [2.05, 4.69) is 36.2 Å². The van der Waals surface area contributed by atoms with Gasteiger partial charge in [-0.25, -0.2) is 4.79 Å². The van der Waals surface area contributed by atoms with E-state index in [4.69, 9.17) is 4.74 Å². The van der Waals surface area contributed by atoms with Crippen molar-refractivity contribution in [2.24, 2.45) is 0 Å². The Balaban J connectivity index is 1.60. The van der Waals surface area contributed by atoms with E-state index in [-0.39, 0.29) is 11.3 Å². The van der Waals surface area contributed by atoms with Gasteiger partial charge in [-0.15, -0.1) is 0 Å². The summed E-state index contributed by atoms with van der Waals surface area (Å²) in [6.45, 7) is 8.74. The molecule has 2 amide bonds. The number of piperazine rings is 1. The molecule has 0 radical (unpaired) electrons. The number of hydrogen-bond acceptors (Lipinski definition) is 5. The fourth-order valence-corrected chi connectivity index (χ4v) is 3.71. The maximum atomic E-state index is 12.7. The summed E-state index contributed by atoms with van der Waals surface area (Å²) in [5, 5.41) is 2.59. The molecule has 0 unspecified atom stereocenters. The summed E-state index contributed by atoms with van der Waals surface area (Å²) in [7, 11) is 0. The van der Waals surface area contributed by atoms with Crippen LogP contribution < -0.4 is 10.2 Å². The molecule has 0 spiro atoms. The number of benzene rings is 2. The smallest absolute Gasteiger partial charge is 0.340 e. The van der Waals surface area contributed by atoms with Crippen molar-refractivity contribution in [2.75, 3.05) is 43.0 Å². The number of nitrogens with one attached hydrogen (secondary N) is 1. The second-order valence-electron chi connectivity index (χ2n) is 7.99. The molecule has 0 aliphatic carbocycles. The van der Waals surface area contributed by atoms with Gasteiger partial charge in [-0.05, 0) is 49.6 Å². The van der Waals surface area contributed by atoms with Gasteiger partial charge in [0, 0.05) is 31.9 Å². The van der Waals surface area contributed by atoms with Crippen molar-refractivity contribution in [3.8, 4) is 0 Å². The lowest BCUT2D eigenvalue weighted by molar-refractivity contribution is -0.143. The Labute approximate surface area is 189 Å². The van der Waals surface area contributed by atoms with Crippen molar-refractivity contribution >= 4 is 29.2 Å². The lowest BCUT2D eigenvalue weighted by atomic mass is 10.1. The van der Waals surface area contributed by atoms with Gasteiger partial charge in [-0.1, -0.05) is 37.6 Å². The van der Waals surface area contributed by atoms with E-state index in [9.17, 15) is 14.4 Å². The van der Waals surface area contributed by atoms with Crippen molar-refractivity contribution in [1.82, 2.24) is 4.90 Å². The van der Waals surface area contributed by atoms with E-state index < -0.39 is 17.8 Å². The van der Waals surface area contributed by atoms with Crippen LogP contribution in [0.1, 0.15) is 41.3 Å². The Morgan fingerprint density at radius 3 is 2.41 bits per heavy atom. The highest BCUT2D eigenvalue weighted by atomic mass is 16.5. The summed E-state index contributed by atoms with van der Waals surface area (Å²) in [4.78, 5) is 41.5. The summed E-state index contributed by atoms with van der Waals surface area (Å²) < 4.78 is 5.25. The molecule has 32 heavy (non-hydrogen) atoms. The van der Waals surface area contributed by atoms with E-state index >= 15 is 0 Å². The Morgan fingerprint density at radius 2 is 1.69 bits per heavy atom. The fourth-order valence-electron chi connectivity index (χ4n) is 3.71. The van der Waals surface area contributed by atoms with E-state index in [0.29, 0.717) is 32.8 Å². The lowest BCUT2D eigenvalue weighted by Gasteiger charge is -2.36. The molecule has 1 heterocycles. The SMILES string of the molecule is CCCCOC(=O)c1ccccc1NC(=O)C(=O)N1CCN(c2cccc(C)c2C)CC1. The predicted octanol–water partition coefficient (Wildman–Crippen LogP) is 3.55. The fraction of sp³-hybridized carbons (Fsp3) is 0.400. The largest absolute Gasteiger partial charge is 0.462 e. The van der Waals surface area contributed by atoms with Crippen LogP contribution in [0.2, 0.25) is 0 Å². The molecule has 1 fully saturated rings. The summed E-state index contributed by atoms with van der Waals surface area (Å²) >= 11 is 0. The normalized spacial score (nSPS) is 13.6. The molecule has 0 saturated carbocycles. The second kappa shape index (κ2) is 10.8. The third-order valence-electron chi connectivity index (χ3n) is 5.80. The molecular formula is C25H31N3O4. The van der Waals surface area contributed by atoms with E-state index in [1.807, 2.05) is 13.0 Å². The first-order chi connectivity index (χ1) is 15.4. The third-order valence-corrected chi connectivity index (χ3v) is 5.80. The molecule has 1 aliphatic heterocycles. The van der Waals surface area contributed by atoms with Gasteiger partial charge in [0.2, 0.25) is 0 Å². The molecule has 1 N–H and O–H groups in total. The van der Waals surface area contributed by atoms with Gasteiger partial charge < -0.3 is 19.9 Å². The first-order valence-electron chi connectivity index (χ1n) is 11.1. The Hall–Kier alpha value is -3.35. The lowest BCUT2D eigenvalue weighted by Crippen LogP contribution is -2.51. The number of amides is 2. The van der Waals surface area contributed by atoms with Gasteiger partial charge in [0.05, 0.1) is 17.9 Å². The average Bonchev–Trinajstić information content (AvgIpc) is 2.81. The zero-order valence-electron chi connectivity index (χ0n) is 19.0. The van der Waals surface area contributed by atoms with E-state index in [0.717, 1.165) is 18.5 Å². The maximum Gasteiger partial charge on any atom is 0.340 e. The molecule has 170 valence electrons. The highest BCUT2D eigenvalue weighted by molar-refractivity contribution is 6.39. The number of para-hydroxylation sites is 1. The topological polar surface area (TPSA) is 78.9 Å². The minimum absolute atomic E-state index is 0.240. The van der Waals surface area contributed by atoms with Gasteiger partial charge in [-0.2, -0.15) is 0 Å². The molecule has 0 bridgehead atoms. The first kappa shape index (κ1) is 23.3. The first-order valence-corrected chi connectivity index (χ1v) is 11.1. The standard InChI is InChI=1S/C25H31N3O4/c1-4-5-17-32-25(31)20-10-6-7-11-21(20)26-23(29)24(30)28-15-13-27(14-16-28)22-12-8-9-18(2)19(22)3/h6-12H,4-5,13-17H2,1-3H3,(H,26,29). The van der Waals surface area contributed by atoms with Crippen LogP contribution in [0, 0.1) is 13.8 Å². The second-order valence-corrected chi connectivity index (χ2v) is 7.99. The number of carbonyl (C=O) groups is 3. The zero-order valence-corrected chi connectivity index (χ0v) is 19.0. The summed E-state index contributed by atoms with van der Waals surface area (Å²) in [6.07, 6.45) is 1.68. The van der Waals surface area contributed by atoms with E-state index in [1.54, 1.807) is 29.2 Å². The number of carbonyl (C=O) groups excluding carboxylic acids is 3. The number of hydrogen-bond donors (Lipinski definition) is 1. The molecule has 7 nitrogen and oxygen atoms in total. The van der Waals surface area contributed by atoms with Gasteiger partial charge in [0.25, 0.3) is 0 Å². The molecule has 0 atom stereocenters. The molecule has 2 aromatic carbocycles. The molecule has 3 rings (SSSR count). The zero-order chi connectivity index (χ0) is 23.1. The molecule has 0 aromatic heterocycles. The maximum absolute atomic E-state index is 12.7. The number of ether oxygens (including phenoxy) is 1.